The molecule has 0 bridgehead atoms. The standard InChI is InChI=1S/C12H25NO3/c1-3-5-10(6-8-14)12(4-2,7-9-15)11(13)16/h10,14-15H,3-9H2,1-2H3,(H2,13,16). The Kier molecular flexibility index (Phi) is 7.34. The van der Waals surface area contributed by atoms with Crippen LogP contribution in [0.5, 0.6) is 0 Å². The van der Waals surface area contributed by atoms with Crippen LogP contribution in [0.15, 0.2) is 0 Å². The van der Waals surface area contributed by atoms with Gasteiger partial charge in [0, 0.05) is 13.2 Å². The lowest BCUT2D eigenvalue weighted by Crippen LogP contribution is -2.44. The van der Waals surface area contributed by atoms with Crippen LogP contribution in [0.3, 0.4) is 0 Å². The number of primary amides is 1. The minimum atomic E-state index is -0.659. The maximum Gasteiger partial charge on any atom is 0.223 e. The molecule has 2 unspecified atom stereocenters. The van der Waals surface area contributed by atoms with Crippen molar-refractivity contribution < 1.29 is 15.0 Å². The van der Waals surface area contributed by atoms with E-state index in [1.54, 1.807) is 0 Å². The molecule has 0 rings (SSSR count). The second-order valence-electron chi connectivity index (χ2n) is 4.35. The number of aliphatic hydroxyl groups excluding tert-OH is 2. The lowest BCUT2D eigenvalue weighted by molar-refractivity contribution is -0.133. The van der Waals surface area contributed by atoms with Crippen molar-refractivity contribution in [2.24, 2.45) is 17.1 Å². The number of carbonyl (C=O) groups excluding carboxylic acids is 1. The number of aliphatic hydroxyl groups is 2. The van der Waals surface area contributed by atoms with E-state index in [1.807, 2.05) is 13.8 Å². The first-order valence-electron chi connectivity index (χ1n) is 6.10. The van der Waals surface area contributed by atoms with Crippen molar-refractivity contribution in [3.8, 4) is 0 Å². The van der Waals surface area contributed by atoms with Gasteiger partial charge in [-0.05, 0) is 31.6 Å². The van der Waals surface area contributed by atoms with Crippen LogP contribution >= 0.6 is 0 Å². The summed E-state index contributed by atoms with van der Waals surface area (Å²) in [6.07, 6.45) is 3.39. The van der Waals surface area contributed by atoms with Crippen LogP contribution < -0.4 is 5.73 Å². The van der Waals surface area contributed by atoms with Crippen LogP contribution in [0.4, 0.5) is 0 Å². The fourth-order valence-corrected chi connectivity index (χ4v) is 2.57. The third kappa shape index (κ3) is 3.46. The monoisotopic (exact) mass is 231 g/mol. The second-order valence-corrected chi connectivity index (χ2v) is 4.35. The van der Waals surface area contributed by atoms with E-state index in [2.05, 4.69) is 0 Å². The minimum Gasteiger partial charge on any atom is -0.396 e. The SMILES string of the molecule is CCCC(CCO)C(CC)(CCO)C(N)=O. The van der Waals surface area contributed by atoms with Gasteiger partial charge >= 0.3 is 0 Å². The molecule has 4 N–H and O–H groups in total. The van der Waals surface area contributed by atoms with Gasteiger partial charge in [-0.1, -0.05) is 20.3 Å². The molecule has 0 spiro atoms. The molecular formula is C12H25NO3. The lowest BCUT2D eigenvalue weighted by atomic mass is 9.67. The van der Waals surface area contributed by atoms with Gasteiger partial charge in [-0.15, -0.1) is 0 Å². The van der Waals surface area contributed by atoms with E-state index in [-0.39, 0.29) is 25.0 Å². The summed E-state index contributed by atoms with van der Waals surface area (Å²) in [7, 11) is 0. The number of rotatable bonds is 9. The van der Waals surface area contributed by atoms with Crippen LogP contribution in [0.25, 0.3) is 0 Å². The zero-order chi connectivity index (χ0) is 12.6. The molecule has 16 heavy (non-hydrogen) atoms. The van der Waals surface area contributed by atoms with Crippen molar-refractivity contribution in [1.29, 1.82) is 0 Å². The smallest absolute Gasteiger partial charge is 0.223 e. The van der Waals surface area contributed by atoms with Gasteiger partial charge in [-0.25, -0.2) is 0 Å². The molecule has 1 amide bonds. The van der Waals surface area contributed by atoms with Crippen LogP contribution in [0.2, 0.25) is 0 Å². The molecule has 0 aliphatic rings. The Morgan fingerprint density at radius 3 is 2.19 bits per heavy atom. The molecule has 2 atom stereocenters. The third-order valence-corrected chi connectivity index (χ3v) is 3.58. The Balaban J connectivity index is 4.97. The average molecular weight is 231 g/mol. The van der Waals surface area contributed by atoms with Crippen molar-refractivity contribution in [2.45, 2.75) is 46.0 Å². The van der Waals surface area contributed by atoms with E-state index in [1.165, 1.54) is 0 Å². The number of hydrogen-bond donors (Lipinski definition) is 3. The normalized spacial score (nSPS) is 16.8. The number of nitrogens with two attached hydrogens (primary N) is 1. The molecule has 96 valence electrons. The molecule has 0 saturated heterocycles. The molecule has 0 fully saturated rings. The molecule has 0 saturated carbocycles. The maximum absolute atomic E-state index is 11.7. The van der Waals surface area contributed by atoms with Gasteiger partial charge in [0.05, 0.1) is 5.41 Å². The Bertz CT molecular complexity index is 202. The highest BCUT2D eigenvalue weighted by Crippen LogP contribution is 2.39. The zero-order valence-electron chi connectivity index (χ0n) is 10.4. The van der Waals surface area contributed by atoms with E-state index >= 15 is 0 Å². The molecule has 0 aromatic heterocycles. The Hall–Kier alpha value is -0.610. The summed E-state index contributed by atoms with van der Waals surface area (Å²) in [6.45, 7) is 3.98. The first-order valence-corrected chi connectivity index (χ1v) is 6.10. The summed E-state index contributed by atoms with van der Waals surface area (Å²) >= 11 is 0. The van der Waals surface area contributed by atoms with Gasteiger partial charge in [0.1, 0.15) is 0 Å². The predicted octanol–water partition coefficient (Wildman–Crippen LogP) is 1.05. The summed E-state index contributed by atoms with van der Waals surface area (Å²) in [5, 5.41) is 18.2. The van der Waals surface area contributed by atoms with Gasteiger partial charge in [-0.3, -0.25) is 4.79 Å². The first kappa shape index (κ1) is 15.4. The van der Waals surface area contributed by atoms with Gasteiger partial charge in [0.15, 0.2) is 0 Å². The topological polar surface area (TPSA) is 83.6 Å². The van der Waals surface area contributed by atoms with E-state index < -0.39 is 5.41 Å². The van der Waals surface area contributed by atoms with Gasteiger partial charge in [0.2, 0.25) is 5.91 Å². The molecule has 4 heteroatoms. The molecule has 0 heterocycles. The highest BCUT2D eigenvalue weighted by molar-refractivity contribution is 5.81. The quantitative estimate of drug-likeness (QED) is 0.554. The van der Waals surface area contributed by atoms with Gasteiger partial charge in [-0.2, -0.15) is 0 Å². The highest BCUT2D eigenvalue weighted by atomic mass is 16.3. The Labute approximate surface area is 97.8 Å². The van der Waals surface area contributed by atoms with Crippen molar-refractivity contribution >= 4 is 5.91 Å². The number of carbonyl (C=O) groups is 1. The fourth-order valence-electron chi connectivity index (χ4n) is 2.57. The summed E-state index contributed by atoms with van der Waals surface area (Å²) < 4.78 is 0. The average Bonchev–Trinajstić information content (AvgIpc) is 2.25. The minimum absolute atomic E-state index is 0.0393. The summed E-state index contributed by atoms with van der Waals surface area (Å²) in [5.41, 5.74) is 4.84. The van der Waals surface area contributed by atoms with Crippen molar-refractivity contribution in [1.82, 2.24) is 0 Å². The highest BCUT2D eigenvalue weighted by Gasteiger charge is 2.41. The van der Waals surface area contributed by atoms with Crippen LogP contribution in [0, 0.1) is 11.3 Å². The van der Waals surface area contributed by atoms with E-state index in [0.29, 0.717) is 19.3 Å². The van der Waals surface area contributed by atoms with E-state index in [4.69, 9.17) is 15.9 Å². The van der Waals surface area contributed by atoms with E-state index in [0.717, 1.165) is 12.8 Å². The summed E-state index contributed by atoms with van der Waals surface area (Å²) in [6, 6.07) is 0. The van der Waals surface area contributed by atoms with Crippen LogP contribution in [0.1, 0.15) is 46.0 Å². The molecule has 0 aliphatic carbocycles. The zero-order valence-corrected chi connectivity index (χ0v) is 10.4. The first-order chi connectivity index (χ1) is 7.58. The molecule has 0 aromatic carbocycles. The fraction of sp³-hybridized carbons (Fsp3) is 0.917. The van der Waals surface area contributed by atoms with Gasteiger partial charge < -0.3 is 15.9 Å². The van der Waals surface area contributed by atoms with Crippen molar-refractivity contribution in [2.75, 3.05) is 13.2 Å². The number of hydrogen-bond acceptors (Lipinski definition) is 3. The molecular weight excluding hydrogens is 206 g/mol. The van der Waals surface area contributed by atoms with Crippen molar-refractivity contribution in [3.05, 3.63) is 0 Å². The maximum atomic E-state index is 11.7. The second kappa shape index (κ2) is 7.63. The number of amides is 1. The van der Waals surface area contributed by atoms with E-state index in [9.17, 15) is 4.79 Å². The molecule has 4 nitrogen and oxygen atoms in total. The van der Waals surface area contributed by atoms with Crippen LogP contribution in [-0.2, 0) is 4.79 Å². The third-order valence-electron chi connectivity index (χ3n) is 3.58. The van der Waals surface area contributed by atoms with Crippen molar-refractivity contribution in [3.63, 3.8) is 0 Å². The predicted molar refractivity (Wildman–Crippen MR) is 63.7 cm³/mol. The summed E-state index contributed by atoms with van der Waals surface area (Å²) in [4.78, 5) is 11.7. The molecule has 0 aliphatic heterocycles. The lowest BCUT2D eigenvalue weighted by Gasteiger charge is -2.37. The van der Waals surface area contributed by atoms with Crippen LogP contribution in [-0.4, -0.2) is 29.3 Å². The Morgan fingerprint density at radius 2 is 1.88 bits per heavy atom. The summed E-state index contributed by atoms with van der Waals surface area (Å²) in [5.74, 6) is -0.284. The molecule has 0 aromatic rings. The largest absolute Gasteiger partial charge is 0.396 e. The Morgan fingerprint density at radius 1 is 1.25 bits per heavy atom. The molecule has 0 radical (unpaired) electrons. The van der Waals surface area contributed by atoms with Gasteiger partial charge in [0.25, 0.3) is 0 Å².